The van der Waals surface area contributed by atoms with Crippen molar-refractivity contribution in [3.05, 3.63) is 172 Å². The number of hydrogen-bond donors (Lipinski definition) is 3. The number of benzene rings is 3. The molecule has 0 bridgehead atoms. The number of carbonyl (C=O) groups excluding carboxylic acids is 3. The van der Waals surface area contributed by atoms with Crippen molar-refractivity contribution >= 4 is 17.3 Å². The molecule has 3 aromatic heterocycles. The first-order chi connectivity index (χ1) is 31.5. The van der Waals surface area contributed by atoms with Crippen molar-refractivity contribution in [2.24, 2.45) is 0 Å². The number of ether oxygens (including phenoxy) is 1. The average molecular weight is 883 g/mol. The molecule has 0 atom stereocenters. The predicted molar refractivity (Wildman–Crippen MR) is 241 cm³/mol. The van der Waals surface area contributed by atoms with Crippen LogP contribution in [0.5, 0.6) is 5.75 Å². The first-order valence-electron chi connectivity index (χ1n) is 21.8. The summed E-state index contributed by atoms with van der Waals surface area (Å²) >= 11 is 0. The highest BCUT2D eigenvalue weighted by molar-refractivity contribution is 5.97. The molecule has 0 radical (unpaired) electrons. The van der Waals surface area contributed by atoms with E-state index in [1.54, 1.807) is 19.2 Å². The number of rotatable bonds is 16. The van der Waals surface area contributed by atoms with Gasteiger partial charge in [0.2, 0.25) is 0 Å². The van der Waals surface area contributed by atoms with Gasteiger partial charge in [-0.05, 0) is 73.9 Å². The fraction of sp³-hybridized carbons (Fsp3) is 0.353. The van der Waals surface area contributed by atoms with Crippen molar-refractivity contribution < 1.29 is 38.8 Å². The summed E-state index contributed by atoms with van der Waals surface area (Å²) in [5, 5.41) is 26.5. The van der Waals surface area contributed by atoms with Crippen LogP contribution in [-0.4, -0.2) is 89.5 Å². The predicted octanol–water partition coefficient (Wildman–Crippen LogP) is 6.92. The average Bonchev–Trinajstić information content (AvgIpc) is 4.14. The maximum atomic E-state index is 13.7. The third-order valence-electron chi connectivity index (χ3n) is 12.0. The van der Waals surface area contributed by atoms with Crippen LogP contribution >= 0.6 is 0 Å². The van der Waals surface area contributed by atoms with Gasteiger partial charge < -0.3 is 20.1 Å². The summed E-state index contributed by atoms with van der Waals surface area (Å²) in [5.41, 5.74) is 5.64. The Morgan fingerprint density at radius 1 is 0.569 bits per heavy atom. The van der Waals surface area contributed by atoms with Crippen LogP contribution < -0.4 is 4.74 Å². The molecule has 0 amide bonds. The Labute approximate surface area is 378 Å². The molecule has 338 valence electrons. The van der Waals surface area contributed by atoms with E-state index in [9.17, 15) is 18.8 Å². The van der Waals surface area contributed by atoms with Crippen molar-refractivity contribution in [3.63, 3.8) is 0 Å². The van der Waals surface area contributed by atoms with Gasteiger partial charge in [0.25, 0.3) is 0 Å². The van der Waals surface area contributed by atoms with Gasteiger partial charge in [0.05, 0.1) is 23.8 Å². The van der Waals surface area contributed by atoms with Gasteiger partial charge in [0.1, 0.15) is 48.9 Å². The second-order valence-corrected chi connectivity index (χ2v) is 16.6. The van der Waals surface area contributed by atoms with E-state index in [2.05, 4.69) is 60.2 Å². The molecule has 0 spiro atoms. The number of hydrogen-bond acceptors (Lipinski definition) is 13. The van der Waals surface area contributed by atoms with E-state index in [0.717, 1.165) is 74.1 Å². The third-order valence-corrected chi connectivity index (χ3v) is 12.0. The lowest BCUT2D eigenvalue weighted by molar-refractivity contribution is 0.0897. The van der Waals surface area contributed by atoms with Crippen LogP contribution in [0.15, 0.2) is 110 Å². The van der Waals surface area contributed by atoms with Gasteiger partial charge >= 0.3 is 0 Å². The Morgan fingerprint density at radius 3 is 1.51 bits per heavy atom. The smallest absolute Gasteiger partial charge is 0.191 e. The van der Waals surface area contributed by atoms with Gasteiger partial charge in [0.15, 0.2) is 17.3 Å². The Hall–Kier alpha value is -6.48. The standard InChI is InChI=1S/C19H21FN2O2.C16H18N2O3.C16H16N2O2/c20-16-6-4-5-15(9-16)19(7-2-1-3-8-19)10-18-21-11-14(12-22-18)17(24)13-23;1-11-3-5-15(21-2)12(7-11)4-6-16-17-8-13(9-18-16)14(20)10-19;19-11-14(20)12-9-17-15(18-10-12)8-16(6-7-16)13-4-2-1-3-5-13/h4-6,9,11-12,23H,1-3,7-8,10,13H2;3,5,7-9,19H,4,6,10H2,1-2H3;1-5,9-10,19H,6-8,11H2. The molecule has 6 aromatic rings. The molecular weight excluding hydrogens is 828 g/mol. The quantitative estimate of drug-likeness (QED) is 0.0848. The van der Waals surface area contributed by atoms with Crippen LogP contribution in [0, 0.1) is 12.7 Å². The van der Waals surface area contributed by atoms with Crippen LogP contribution in [-0.2, 0) is 36.5 Å². The summed E-state index contributed by atoms with van der Waals surface area (Å²) in [6.45, 7) is 0.463. The van der Waals surface area contributed by atoms with E-state index in [1.807, 2.05) is 31.2 Å². The van der Waals surface area contributed by atoms with Crippen LogP contribution in [0.2, 0.25) is 0 Å². The van der Waals surface area contributed by atoms with Gasteiger partial charge in [-0.3, -0.25) is 14.4 Å². The number of Topliss-reactive ketones (excluding diaryl/α,β-unsaturated/α-hetero) is 3. The fourth-order valence-electron chi connectivity index (χ4n) is 8.16. The summed E-state index contributed by atoms with van der Waals surface area (Å²) < 4.78 is 19.1. The number of carbonyl (C=O) groups is 3. The molecule has 2 saturated carbocycles. The number of aromatic nitrogens is 6. The van der Waals surface area contributed by atoms with Crippen molar-refractivity contribution in [1.82, 2.24) is 29.9 Å². The summed E-state index contributed by atoms with van der Waals surface area (Å²) in [4.78, 5) is 59.5. The molecule has 0 saturated heterocycles. The highest BCUT2D eigenvalue weighted by Gasteiger charge is 2.44. The summed E-state index contributed by atoms with van der Waals surface area (Å²) in [7, 11) is 1.65. The number of halogens is 1. The normalized spacial score (nSPS) is 14.4. The minimum atomic E-state index is -0.546. The largest absolute Gasteiger partial charge is 0.496 e. The molecule has 14 heteroatoms. The number of nitrogens with zero attached hydrogens (tertiary/aromatic N) is 6. The minimum absolute atomic E-state index is 0.150. The number of aryl methyl sites for hydroxylation is 3. The van der Waals surface area contributed by atoms with Gasteiger partial charge in [-0.25, -0.2) is 34.3 Å². The van der Waals surface area contributed by atoms with Crippen LogP contribution in [0.4, 0.5) is 4.39 Å². The van der Waals surface area contributed by atoms with Crippen molar-refractivity contribution in [2.75, 3.05) is 26.9 Å². The second-order valence-electron chi connectivity index (χ2n) is 16.6. The highest BCUT2D eigenvalue weighted by Crippen LogP contribution is 2.50. The molecule has 3 aromatic carbocycles. The zero-order valence-corrected chi connectivity index (χ0v) is 36.8. The molecule has 0 aliphatic heterocycles. The second kappa shape index (κ2) is 22.9. The van der Waals surface area contributed by atoms with E-state index in [4.69, 9.17) is 20.1 Å². The molecule has 13 nitrogen and oxygen atoms in total. The monoisotopic (exact) mass is 882 g/mol. The van der Waals surface area contributed by atoms with Crippen LogP contribution in [0.25, 0.3) is 0 Å². The Morgan fingerprint density at radius 2 is 1.05 bits per heavy atom. The molecule has 3 heterocycles. The van der Waals surface area contributed by atoms with E-state index < -0.39 is 19.8 Å². The molecule has 2 fully saturated rings. The van der Waals surface area contributed by atoms with Gasteiger partial charge in [-0.1, -0.05) is 79.4 Å². The SMILES string of the molecule is COc1ccc(C)cc1CCc1ncc(C(=O)CO)cn1.O=C(CO)c1cnc(CC2(c3cccc(F)c3)CCCCC2)nc1.O=C(CO)c1cnc(CC2(c3ccccc3)CC2)nc1. The topological polar surface area (TPSA) is 198 Å². The first kappa shape index (κ1) is 48.0. The lowest BCUT2D eigenvalue weighted by atomic mass is 9.67. The number of aliphatic hydroxyl groups is 3. The zero-order chi connectivity index (χ0) is 46.2. The number of aliphatic hydroxyl groups excluding tert-OH is 3. The molecule has 0 unspecified atom stereocenters. The molecule has 3 N–H and O–H groups in total. The van der Waals surface area contributed by atoms with E-state index in [-0.39, 0.29) is 34.0 Å². The van der Waals surface area contributed by atoms with Crippen LogP contribution in [0.3, 0.4) is 0 Å². The third kappa shape index (κ3) is 13.1. The van der Waals surface area contributed by atoms with E-state index in [1.165, 1.54) is 60.8 Å². The lowest BCUT2D eigenvalue weighted by Gasteiger charge is -2.37. The van der Waals surface area contributed by atoms with E-state index >= 15 is 0 Å². The number of methoxy groups -OCH3 is 1. The lowest BCUT2D eigenvalue weighted by Crippen LogP contribution is -2.32. The molecule has 2 aliphatic rings. The fourth-order valence-corrected chi connectivity index (χ4v) is 8.16. The van der Waals surface area contributed by atoms with Gasteiger partial charge in [0, 0.05) is 67.3 Å². The molecular formula is C51H55FN6O7. The summed E-state index contributed by atoms with van der Waals surface area (Å²) in [5.74, 6) is 1.58. The molecule has 8 rings (SSSR count). The number of ketones is 3. The van der Waals surface area contributed by atoms with E-state index in [0.29, 0.717) is 41.2 Å². The molecule has 2 aliphatic carbocycles. The Balaban J connectivity index is 0.000000162. The maximum absolute atomic E-state index is 13.7. The van der Waals surface area contributed by atoms with Crippen molar-refractivity contribution in [1.29, 1.82) is 0 Å². The summed E-state index contributed by atoms with van der Waals surface area (Å²) in [6, 6.07) is 23.3. The van der Waals surface area contributed by atoms with Crippen LogP contribution in [0.1, 0.15) is 116 Å². The first-order valence-corrected chi connectivity index (χ1v) is 21.8. The zero-order valence-electron chi connectivity index (χ0n) is 36.8. The summed E-state index contributed by atoms with van der Waals surface area (Å²) in [6.07, 6.45) is 19.4. The van der Waals surface area contributed by atoms with Gasteiger partial charge in [-0.2, -0.15) is 0 Å². The maximum Gasteiger partial charge on any atom is 0.191 e. The van der Waals surface area contributed by atoms with Gasteiger partial charge in [-0.15, -0.1) is 0 Å². The molecule has 65 heavy (non-hydrogen) atoms. The van der Waals surface area contributed by atoms with Crippen molar-refractivity contribution in [3.8, 4) is 5.75 Å². The van der Waals surface area contributed by atoms with Crippen molar-refractivity contribution in [2.45, 2.75) is 88.4 Å². The Bertz CT molecular complexity index is 2500. The minimum Gasteiger partial charge on any atom is -0.496 e. The Kier molecular flexibility index (Phi) is 16.9. The highest BCUT2D eigenvalue weighted by atomic mass is 19.1.